The summed E-state index contributed by atoms with van der Waals surface area (Å²) in [5.74, 6) is -0.551. The lowest BCUT2D eigenvalue weighted by molar-refractivity contribution is -0.141. The summed E-state index contributed by atoms with van der Waals surface area (Å²) in [6, 6.07) is 1.58. The molecular formula is C12H16N2O5. The molecule has 104 valence electrons. The van der Waals surface area contributed by atoms with Crippen LogP contribution in [0, 0.1) is 0 Å². The van der Waals surface area contributed by atoms with Crippen LogP contribution in [0.2, 0.25) is 0 Å². The lowest BCUT2D eigenvalue weighted by atomic mass is 10.0. The van der Waals surface area contributed by atoms with E-state index in [0.717, 1.165) is 12.8 Å². The number of hydrogen-bond acceptors (Lipinski definition) is 5. The van der Waals surface area contributed by atoms with Crippen LogP contribution in [-0.4, -0.2) is 39.4 Å². The first-order valence-corrected chi connectivity index (χ1v) is 6.06. The van der Waals surface area contributed by atoms with Gasteiger partial charge in [0.2, 0.25) is 0 Å². The second-order valence-corrected chi connectivity index (χ2v) is 5.14. The van der Waals surface area contributed by atoms with Crippen molar-refractivity contribution in [3.63, 3.8) is 0 Å². The van der Waals surface area contributed by atoms with Gasteiger partial charge in [0, 0.05) is 18.5 Å². The van der Waals surface area contributed by atoms with Crippen LogP contribution in [0.25, 0.3) is 0 Å². The molecular weight excluding hydrogens is 252 g/mol. The number of nitrogens with zero attached hydrogens (tertiary/aromatic N) is 1. The van der Waals surface area contributed by atoms with E-state index in [1.807, 2.05) is 0 Å². The van der Waals surface area contributed by atoms with Crippen molar-refractivity contribution in [2.45, 2.75) is 37.7 Å². The Bertz CT molecular complexity index is 490. The monoisotopic (exact) mass is 268 g/mol. The van der Waals surface area contributed by atoms with Crippen molar-refractivity contribution in [3.05, 3.63) is 17.5 Å². The van der Waals surface area contributed by atoms with Crippen LogP contribution in [0.5, 0.6) is 0 Å². The Hall–Kier alpha value is -1.89. The highest BCUT2D eigenvalue weighted by molar-refractivity contribution is 5.92. The van der Waals surface area contributed by atoms with Crippen LogP contribution < -0.4 is 5.32 Å². The van der Waals surface area contributed by atoms with Gasteiger partial charge in [-0.25, -0.2) is 0 Å². The maximum absolute atomic E-state index is 11.7. The number of aliphatic hydroxyl groups is 1. The fourth-order valence-electron chi connectivity index (χ4n) is 1.71. The first kappa shape index (κ1) is 13.5. The van der Waals surface area contributed by atoms with E-state index in [1.165, 1.54) is 6.92 Å². The van der Waals surface area contributed by atoms with E-state index < -0.39 is 23.9 Å². The molecule has 0 bridgehead atoms. The number of amides is 1. The van der Waals surface area contributed by atoms with Gasteiger partial charge in [0.25, 0.3) is 5.91 Å². The molecule has 1 unspecified atom stereocenters. The van der Waals surface area contributed by atoms with Crippen molar-refractivity contribution in [2.75, 3.05) is 6.54 Å². The number of nitrogens with one attached hydrogen (secondary N) is 1. The molecule has 0 aromatic carbocycles. The molecule has 1 atom stereocenters. The molecule has 1 heterocycles. The SMILES string of the molecule is CC(O)(CNC(=O)c1cc(C2CC2)on1)CC(=O)O. The Labute approximate surface area is 109 Å². The van der Waals surface area contributed by atoms with Crippen molar-refractivity contribution < 1.29 is 24.3 Å². The van der Waals surface area contributed by atoms with Crippen LogP contribution in [0.1, 0.15) is 48.4 Å². The number of carboxylic acid groups (broad SMARTS) is 1. The molecule has 1 aromatic heterocycles. The molecule has 1 fully saturated rings. The minimum atomic E-state index is -1.50. The molecule has 1 aliphatic carbocycles. The number of aromatic nitrogens is 1. The number of carbonyl (C=O) groups is 2. The van der Waals surface area contributed by atoms with Crippen molar-refractivity contribution >= 4 is 11.9 Å². The van der Waals surface area contributed by atoms with Crippen molar-refractivity contribution in [1.29, 1.82) is 0 Å². The first-order valence-electron chi connectivity index (χ1n) is 6.06. The van der Waals surface area contributed by atoms with Gasteiger partial charge in [0.05, 0.1) is 12.0 Å². The minimum Gasteiger partial charge on any atom is -0.481 e. The predicted molar refractivity (Wildman–Crippen MR) is 63.7 cm³/mol. The van der Waals surface area contributed by atoms with Gasteiger partial charge in [-0.15, -0.1) is 0 Å². The summed E-state index contributed by atoms with van der Waals surface area (Å²) in [7, 11) is 0. The number of aliphatic carboxylic acids is 1. The van der Waals surface area contributed by atoms with E-state index >= 15 is 0 Å². The van der Waals surface area contributed by atoms with Gasteiger partial charge >= 0.3 is 5.97 Å². The van der Waals surface area contributed by atoms with Gasteiger partial charge in [0.1, 0.15) is 5.76 Å². The molecule has 0 aliphatic heterocycles. The van der Waals surface area contributed by atoms with Crippen molar-refractivity contribution in [2.24, 2.45) is 0 Å². The number of hydrogen-bond donors (Lipinski definition) is 3. The van der Waals surface area contributed by atoms with Crippen LogP contribution in [0.3, 0.4) is 0 Å². The fraction of sp³-hybridized carbons (Fsp3) is 0.583. The quantitative estimate of drug-likeness (QED) is 0.692. The summed E-state index contributed by atoms with van der Waals surface area (Å²) >= 11 is 0. The highest BCUT2D eigenvalue weighted by Gasteiger charge is 2.29. The van der Waals surface area contributed by atoms with E-state index in [0.29, 0.717) is 11.7 Å². The van der Waals surface area contributed by atoms with E-state index in [-0.39, 0.29) is 12.2 Å². The van der Waals surface area contributed by atoms with Crippen LogP contribution >= 0.6 is 0 Å². The molecule has 0 radical (unpaired) electrons. The third-order valence-corrected chi connectivity index (χ3v) is 2.90. The maximum atomic E-state index is 11.7. The third kappa shape index (κ3) is 3.78. The van der Waals surface area contributed by atoms with Gasteiger partial charge < -0.3 is 20.1 Å². The largest absolute Gasteiger partial charge is 0.481 e. The molecule has 19 heavy (non-hydrogen) atoms. The standard InChI is InChI=1S/C12H16N2O5/c1-12(18,5-10(15)16)6-13-11(17)8-4-9(19-14-8)7-2-3-7/h4,7,18H,2-3,5-6H2,1H3,(H,13,17)(H,15,16). The number of carbonyl (C=O) groups excluding carboxylic acids is 1. The van der Waals surface area contributed by atoms with Gasteiger partial charge in [-0.1, -0.05) is 5.16 Å². The fourth-order valence-corrected chi connectivity index (χ4v) is 1.71. The summed E-state index contributed by atoms with van der Waals surface area (Å²) in [5.41, 5.74) is -1.35. The van der Waals surface area contributed by atoms with E-state index in [9.17, 15) is 14.7 Å². The van der Waals surface area contributed by atoms with Crippen LogP contribution in [0.4, 0.5) is 0 Å². The highest BCUT2D eigenvalue weighted by atomic mass is 16.5. The van der Waals surface area contributed by atoms with Crippen molar-refractivity contribution in [1.82, 2.24) is 10.5 Å². The second-order valence-electron chi connectivity index (χ2n) is 5.14. The van der Waals surface area contributed by atoms with Crippen molar-refractivity contribution in [3.8, 4) is 0 Å². The van der Waals surface area contributed by atoms with E-state index in [1.54, 1.807) is 6.07 Å². The summed E-state index contributed by atoms with van der Waals surface area (Å²) < 4.78 is 5.04. The zero-order valence-corrected chi connectivity index (χ0v) is 10.5. The zero-order valence-electron chi connectivity index (χ0n) is 10.5. The number of rotatable bonds is 6. The summed E-state index contributed by atoms with van der Waals surface area (Å²) in [6.45, 7) is 1.18. The van der Waals surface area contributed by atoms with Gasteiger partial charge in [-0.3, -0.25) is 9.59 Å². The molecule has 0 saturated heterocycles. The smallest absolute Gasteiger partial charge is 0.306 e. The topological polar surface area (TPSA) is 113 Å². The Kier molecular flexibility index (Phi) is 3.57. The first-order chi connectivity index (χ1) is 8.87. The zero-order chi connectivity index (χ0) is 14.0. The predicted octanol–water partition coefficient (Wildman–Crippen LogP) is 0.508. The molecule has 1 aliphatic rings. The molecule has 7 heteroatoms. The molecule has 1 saturated carbocycles. The molecule has 2 rings (SSSR count). The Balaban J connectivity index is 1.87. The van der Waals surface area contributed by atoms with Gasteiger partial charge in [-0.05, 0) is 19.8 Å². The lowest BCUT2D eigenvalue weighted by Gasteiger charge is -2.20. The van der Waals surface area contributed by atoms with E-state index in [2.05, 4.69) is 10.5 Å². The van der Waals surface area contributed by atoms with E-state index in [4.69, 9.17) is 9.63 Å². The Morgan fingerprint density at radius 2 is 2.26 bits per heavy atom. The minimum absolute atomic E-state index is 0.146. The van der Waals surface area contributed by atoms with Gasteiger partial charge in [0.15, 0.2) is 5.69 Å². The van der Waals surface area contributed by atoms with Gasteiger partial charge in [-0.2, -0.15) is 0 Å². The maximum Gasteiger partial charge on any atom is 0.306 e. The highest BCUT2D eigenvalue weighted by Crippen LogP contribution is 2.40. The van der Waals surface area contributed by atoms with Crippen LogP contribution in [0.15, 0.2) is 10.6 Å². The average molecular weight is 268 g/mol. The summed E-state index contributed by atoms with van der Waals surface area (Å²) in [4.78, 5) is 22.3. The molecule has 0 spiro atoms. The average Bonchev–Trinajstić information content (AvgIpc) is 3.03. The molecule has 1 aromatic rings. The summed E-state index contributed by atoms with van der Waals surface area (Å²) in [5, 5.41) is 24.4. The molecule has 1 amide bonds. The Morgan fingerprint density at radius 1 is 1.58 bits per heavy atom. The molecule has 3 N–H and O–H groups in total. The third-order valence-electron chi connectivity index (χ3n) is 2.90. The van der Waals surface area contributed by atoms with Crippen LogP contribution in [-0.2, 0) is 4.79 Å². The number of carboxylic acids is 1. The molecule has 7 nitrogen and oxygen atoms in total. The second kappa shape index (κ2) is 5.00. The normalized spacial score (nSPS) is 17.8. The summed E-state index contributed by atoms with van der Waals surface area (Å²) in [6.07, 6.45) is 1.65. The lowest BCUT2D eigenvalue weighted by Crippen LogP contribution is -2.42. The Morgan fingerprint density at radius 3 is 2.84 bits per heavy atom.